The van der Waals surface area contributed by atoms with Gasteiger partial charge < -0.3 is 15.4 Å². The molecule has 1 amide bonds. The normalized spacial score (nSPS) is 13.0. The van der Waals surface area contributed by atoms with Gasteiger partial charge in [0.05, 0.1) is 31.2 Å². The molecule has 2 atom stereocenters. The molecule has 0 unspecified atom stereocenters. The molecular weight excluding hydrogens is 332 g/mol. The number of anilines is 1. The highest BCUT2D eigenvalue weighted by Crippen LogP contribution is 2.12. The molecule has 26 heavy (non-hydrogen) atoms. The van der Waals surface area contributed by atoms with E-state index in [0.717, 1.165) is 5.56 Å². The predicted molar refractivity (Wildman–Crippen MR) is 99.2 cm³/mol. The molecule has 0 spiro atoms. The van der Waals surface area contributed by atoms with Gasteiger partial charge in [-0.1, -0.05) is 30.3 Å². The van der Waals surface area contributed by atoms with Crippen LogP contribution in [0.1, 0.15) is 31.1 Å². The molecule has 2 N–H and O–H groups in total. The SMILES string of the molecule is COC(=O)/C=C/c1cnc(N[C@H](C)C(=O)N[C@@H](C)c2ccccc2)cn1. The van der Waals surface area contributed by atoms with Crippen LogP contribution in [0.4, 0.5) is 5.82 Å². The first-order valence-corrected chi connectivity index (χ1v) is 8.19. The molecule has 1 aromatic carbocycles. The van der Waals surface area contributed by atoms with Gasteiger partial charge in [-0.3, -0.25) is 9.78 Å². The Balaban J connectivity index is 1.90. The molecule has 1 heterocycles. The van der Waals surface area contributed by atoms with Crippen LogP contribution in [0.2, 0.25) is 0 Å². The highest BCUT2D eigenvalue weighted by molar-refractivity contribution is 5.86. The second-order valence-corrected chi connectivity index (χ2v) is 5.69. The van der Waals surface area contributed by atoms with Crippen molar-refractivity contribution in [1.82, 2.24) is 15.3 Å². The minimum Gasteiger partial charge on any atom is -0.466 e. The maximum absolute atomic E-state index is 12.3. The number of amides is 1. The summed E-state index contributed by atoms with van der Waals surface area (Å²) < 4.78 is 4.51. The number of aromatic nitrogens is 2. The Labute approximate surface area is 152 Å². The Morgan fingerprint density at radius 2 is 1.85 bits per heavy atom. The highest BCUT2D eigenvalue weighted by atomic mass is 16.5. The maximum Gasteiger partial charge on any atom is 0.330 e. The van der Waals surface area contributed by atoms with Gasteiger partial charge in [0, 0.05) is 6.08 Å². The third-order valence-corrected chi connectivity index (χ3v) is 3.68. The number of methoxy groups -OCH3 is 1. The first-order valence-electron chi connectivity index (χ1n) is 8.19. The van der Waals surface area contributed by atoms with E-state index in [1.165, 1.54) is 31.7 Å². The van der Waals surface area contributed by atoms with E-state index in [2.05, 4.69) is 25.3 Å². The zero-order valence-electron chi connectivity index (χ0n) is 15.0. The number of rotatable bonds is 7. The van der Waals surface area contributed by atoms with Gasteiger partial charge in [-0.25, -0.2) is 9.78 Å². The van der Waals surface area contributed by atoms with Crippen molar-refractivity contribution in [3.63, 3.8) is 0 Å². The fourth-order valence-corrected chi connectivity index (χ4v) is 2.17. The lowest BCUT2D eigenvalue weighted by Crippen LogP contribution is -2.39. The standard InChI is InChI=1S/C19H22N4O3/c1-13(15-7-5-4-6-8-15)23-19(25)14(2)22-17-12-20-16(11-21-17)9-10-18(24)26-3/h4-14H,1-3H3,(H,21,22)(H,23,25)/b10-9+/t13-,14+/m0/s1. The van der Waals surface area contributed by atoms with Crippen LogP contribution in [0.3, 0.4) is 0 Å². The molecule has 2 aromatic rings. The fourth-order valence-electron chi connectivity index (χ4n) is 2.17. The zero-order chi connectivity index (χ0) is 18.9. The summed E-state index contributed by atoms with van der Waals surface area (Å²) in [5.41, 5.74) is 1.55. The van der Waals surface area contributed by atoms with E-state index in [4.69, 9.17) is 0 Å². The molecule has 7 heteroatoms. The Morgan fingerprint density at radius 3 is 2.46 bits per heavy atom. The number of carbonyl (C=O) groups excluding carboxylic acids is 2. The summed E-state index contributed by atoms with van der Waals surface area (Å²) >= 11 is 0. The average Bonchev–Trinajstić information content (AvgIpc) is 2.67. The summed E-state index contributed by atoms with van der Waals surface area (Å²) in [4.78, 5) is 31.7. The van der Waals surface area contributed by atoms with E-state index in [1.807, 2.05) is 37.3 Å². The molecule has 0 saturated heterocycles. The van der Waals surface area contributed by atoms with E-state index in [9.17, 15) is 9.59 Å². The van der Waals surface area contributed by atoms with Crippen LogP contribution in [-0.4, -0.2) is 35.0 Å². The van der Waals surface area contributed by atoms with E-state index in [-0.39, 0.29) is 11.9 Å². The van der Waals surface area contributed by atoms with Crippen LogP contribution in [0.15, 0.2) is 48.8 Å². The van der Waals surface area contributed by atoms with Crippen LogP contribution >= 0.6 is 0 Å². The van der Waals surface area contributed by atoms with Gasteiger partial charge in [-0.05, 0) is 25.5 Å². The van der Waals surface area contributed by atoms with E-state index < -0.39 is 12.0 Å². The highest BCUT2D eigenvalue weighted by Gasteiger charge is 2.16. The number of hydrogen-bond donors (Lipinski definition) is 2. The number of benzene rings is 1. The fraction of sp³-hybridized carbons (Fsp3) is 0.263. The van der Waals surface area contributed by atoms with E-state index >= 15 is 0 Å². The Hall–Kier alpha value is -3.22. The molecule has 136 valence electrons. The van der Waals surface area contributed by atoms with E-state index in [0.29, 0.717) is 11.5 Å². The Morgan fingerprint density at radius 1 is 1.12 bits per heavy atom. The van der Waals surface area contributed by atoms with Gasteiger partial charge in [0.15, 0.2) is 0 Å². The summed E-state index contributed by atoms with van der Waals surface area (Å²) in [6.45, 7) is 3.68. The predicted octanol–water partition coefficient (Wildman–Crippen LogP) is 2.34. The largest absolute Gasteiger partial charge is 0.466 e. The maximum atomic E-state index is 12.3. The minimum atomic E-state index is -0.480. The first kappa shape index (κ1) is 19.1. The van der Waals surface area contributed by atoms with Crippen molar-refractivity contribution >= 4 is 23.8 Å². The molecule has 7 nitrogen and oxygen atoms in total. The number of carbonyl (C=O) groups is 2. The van der Waals surface area contributed by atoms with Crippen molar-refractivity contribution < 1.29 is 14.3 Å². The van der Waals surface area contributed by atoms with E-state index in [1.54, 1.807) is 6.92 Å². The third kappa shape index (κ3) is 5.70. The zero-order valence-corrected chi connectivity index (χ0v) is 15.0. The van der Waals surface area contributed by atoms with Crippen LogP contribution < -0.4 is 10.6 Å². The van der Waals surface area contributed by atoms with Crippen molar-refractivity contribution in [2.75, 3.05) is 12.4 Å². The number of nitrogens with zero attached hydrogens (tertiary/aromatic N) is 2. The summed E-state index contributed by atoms with van der Waals surface area (Å²) in [7, 11) is 1.30. The molecule has 0 aliphatic carbocycles. The second-order valence-electron chi connectivity index (χ2n) is 5.69. The summed E-state index contributed by atoms with van der Waals surface area (Å²) in [5.74, 6) is -0.139. The van der Waals surface area contributed by atoms with Gasteiger partial charge in [0.1, 0.15) is 11.9 Å². The quantitative estimate of drug-likeness (QED) is 0.586. The molecule has 0 saturated carbocycles. The van der Waals surface area contributed by atoms with Gasteiger partial charge in [0.25, 0.3) is 0 Å². The average molecular weight is 354 g/mol. The lowest BCUT2D eigenvalue weighted by molar-refractivity contribution is -0.134. The molecule has 0 bridgehead atoms. The van der Waals surface area contributed by atoms with Crippen LogP contribution in [0.5, 0.6) is 0 Å². The Bertz CT molecular complexity index is 760. The molecule has 1 aromatic heterocycles. The number of hydrogen-bond acceptors (Lipinski definition) is 6. The smallest absolute Gasteiger partial charge is 0.330 e. The van der Waals surface area contributed by atoms with Gasteiger partial charge >= 0.3 is 5.97 Å². The van der Waals surface area contributed by atoms with Crippen molar-refractivity contribution in [2.24, 2.45) is 0 Å². The van der Waals surface area contributed by atoms with Crippen LogP contribution in [-0.2, 0) is 14.3 Å². The lowest BCUT2D eigenvalue weighted by Gasteiger charge is -2.19. The molecule has 0 fully saturated rings. The third-order valence-electron chi connectivity index (χ3n) is 3.68. The van der Waals surface area contributed by atoms with Crippen molar-refractivity contribution in [3.05, 3.63) is 60.1 Å². The molecule has 0 aliphatic rings. The van der Waals surface area contributed by atoms with Gasteiger partial charge in [0.2, 0.25) is 5.91 Å². The van der Waals surface area contributed by atoms with Crippen LogP contribution in [0, 0.1) is 0 Å². The number of nitrogens with one attached hydrogen (secondary N) is 2. The number of esters is 1. The van der Waals surface area contributed by atoms with Crippen molar-refractivity contribution in [1.29, 1.82) is 0 Å². The second kappa shape index (κ2) is 9.31. The Kier molecular flexibility index (Phi) is 6.84. The summed E-state index contributed by atoms with van der Waals surface area (Å²) in [5, 5.41) is 5.95. The van der Waals surface area contributed by atoms with Crippen molar-refractivity contribution in [2.45, 2.75) is 25.9 Å². The minimum absolute atomic E-state index is 0.0927. The molecular formula is C19H22N4O3. The van der Waals surface area contributed by atoms with Crippen molar-refractivity contribution in [3.8, 4) is 0 Å². The summed E-state index contributed by atoms with van der Waals surface area (Å²) in [6, 6.07) is 9.17. The monoisotopic (exact) mass is 354 g/mol. The lowest BCUT2D eigenvalue weighted by atomic mass is 10.1. The molecule has 0 aliphatic heterocycles. The number of ether oxygens (including phenoxy) is 1. The molecule has 0 radical (unpaired) electrons. The summed E-state index contributed by atoms with van der Waals surface area (Å²) in [6.07, 6.45) is 5.76. The van der Waals surface area contributed by atoms with Crippen LogP contribution in [0.25, 0.3) is 6.08 Å². The molecule has 2 rings (SSSR count). The van der Waals surface area contributed by atoms with Gasteiger partial charge in [-0.2, -0.15) is 0 Å². The topological polar surface area (TPSA) is 93.2 Å². The first-order chi connectivity index (χ1) is 12.5. The van der Waals surface area contributed by atoms with Gasteiger partial charge in [-0.15, -0.1) is 0 Å².